The summed E-state index contributed by atoms with van der Waals surface area (Å²) in [5.41, 5.74) is 0. The molecule has 1 aliphatic rings. The SMILES string of the molecule is CS(=O)(=O)CCCNC(=O)C1CC=CCC1C(=O)O. The van der Waals surface area contributed by atoms with E-state index in [1.807, 2.05) is 0 Å². The van der Waals surface area contributed by atoms with E-state index in [-0.39, 0.29) is 18.2 Å². The number of carboxylic acids is 1. The third kappa shape index (κ3) is 5.42. The van der Waals surface area contributed by atoms with Gasteiger partial charge in [0.05, 0.1) is 17.6 Å². The molecule has 0 bridgehead atoms. The number of hydrogen-bond donors (Lipinski definition) is 2. The molecule has 0 aliphatic heterocycles. The van der Waals surface area contributed by atoms with Gasteiger partial charge in [-0.3, -0.25) is 9.59 Å². The van der Waals surface area contributed by atoms with Crippen LogP contribution in [0.4, 0.5) is 0 Å². The molecule has 0 saturated heterocycles. The van der Waals surface area contributed by atoms with Crippen LogP contribution in [0.2, 0.25) is 0 Å². The number of sulfone groups is 1. The van der Waals surface area contributed by atoms with Crippen LogP contribution in [-0.2, 0) is 19.4 Å². The van der Waals surface area contributed by atoms with Crippen LogP contribution in [0.15, 0.2) is 12.2 Å². The van der Waals surface area contributed by atoms with Crippen LogP contribution in [0.25, 0.3) is 0 Å². The molecule has 2 atom stereocenters. The van der Waals surface area contributed by atoms with Crippen molar-refractivity contribution in [2.24, 2.45) is 11.8 Å². The van der Waals surface area contributed by atoms with Gasteiger partial charge >= 0.3 is 5.97 Å². The summed E-state index contributed by atoms with van der Waals surface area (Å²) in [4.78, 5) is 22.9. The van der Waals surface area contributed by atoms with E-state index in [1.54, 1.807) is 12.2 Å². The molecule has 108 valence electrons. The minimum absolute atomic E-state index is 0.0141. The van der Waals surface area contributed by atoms with Gasteiger partial charge in [-0.2, -0.15) is 0 Å². The second-order valence-corrected chi connectivity index (χ2v) is 7.03. The summed E-state index contributed by atoms with van der Waals surface area (Å²) in [5, 5.41) is 11.7. The molecule has 0 saturated carbocycles. The van der Waals surface area contributed by atoms with E-state index < -0.39 is 27.6 Å². The molecule has 0 radical (unpaired) electrons. The fourth-order valence-corrected chi connectivity index (χ4v) is 2.72. The quantitative estimate of drug-likeness (QED) is 0.537. The number of carbonyl (C=O) groups is 2. The third-order valence-corrected chi connectivity index (χ3v) is 4.11. The van der Waals surface area contributed by atoms with Crippen LogP contribution in [-0.4, -0.2) is 44.0 Å². The summed E-state index contributed by atoms with van der Waals surface area (Å²) >= 11 is 0. The van der Waals surface area contributed by atoms with E-state index >= 15 is 0 Å². The highest BCUT2D eigenvalue weighted by molar-refractivity contribution is 7.90. The number of nitrogens with one attached hydrogen (secondary N) is 1. The van der Waals surface area contributed by atoms with Crippen molar-refractivity contribution in [3.63, 3.8) is 0 Å². The van der Waals surface area contributed by atoms with Crippen molar-refractivity contribution in [1.82, 2.24) is 5.32 Å². The Labute approximate surface area is 112 Å². The minimum atomic E-state index is -3.03. The number of hydrogen-bond acceptors (Lipinski definition) is 4. The summed E-state index contributed by atoms with van der Waals surface area (Å²) in [6.07, 6.45) is 5.82. The molecule has 19 heavy (non-hydrogen) atoms. The maximum Gasteiger partial charge on any atom is 0.307 e. The van der Waals surface area contributed by atoms with Crippen molar-refractivity contribution in [3.05, 3.63) is 12.2 Å². The van der Waals surface area contributed by atoms with Gasteiger partial charge in [0.25, 0.3) is 0 Å². The van der Waals surface area contributed by atoms with Crippen LogP contribution in [0, 0.1) is 11.8 Å². The second kappa shape index (κ2) is 6.70. The fraction of sp³-hybridized carbons (Fsp3) is 0.667. The first kappa shape index (κ1) is 15.7. The number of carbonyl (C=O) groups excluding carboxylic acids is 1. The van der Waals surface area contributed by atoms with Crippen LogP contribution in [0.3, 0.4) is 0 Å². The Balaban J connectivity index is 2.44. The molecule has 2 N–H and O–H groups in total. The zero-order valence-electron chi connectivity index (χ0n) is 10.8. The monoisotopic (exact) mass is 289 g/mol. The lowest BCUT2D eigenvalue weighted by atomic mass is 9.82. The number of allylic oxidation sites excluding steroid dienone is 2. The first-order valence-corrected chi connectivity index (χ1v) is 8.20. The van der Waals surface area contributed by atoms with Crippen LogP contribution < -0.4 is 5.32 Å². The van der Waals surface area contributed by atoms with Crippen LogP contribution >= 0.6 is 0 Å². The first-order valence-electron chi connectivity index (χ1n) is 6.14. The molecular weight excluding hydrogens is 270 g/mol. The Morgan fingerprint density at radius 2 is 1.84 bits per heavy atom. The first-order chi connectivity index (χ1) is 8.81. The number of carboxylic acid groups (broad SMARTS) is 1. The van der Waals surface area contributed by atoms with E-state index in [0.717, 1.165) is 6.26 Å². The average Bonchev–Trinajstić information content (AvgIpc) is 2.33. The van der Waals surface area contributed by atoms with Gasteiger partial charge in [-0.25, -0.2) is 8.42 Å². The highest BCUT2D eigenvalue weighted by Crippen LogP contribution is 2.25. The number of aliphatic carboxylic acids is 1. The van der Waals surface area contributed by atoms with Crippen molar-refractivity contribution in [1.29, 1.82) is 0 Å². The number of rotatable bonds is 6. The summed E-state index contributed by atoms with van der Waals surface area (Å²) in [7, 11) is -3.03. The second-order valence-electron chi connectivity index (χ2n) is 4.77. The molecule has 7 heteroatoms. The van der Waals surface area contributed by atoms with Gasteiger partial charge in [0.2, 0.25) is 5.91 Å². The minimum Gasteiger partial charge on any atom is -0.481 e. The van der Waals surface area contributed by atoms with Crippen molar-refractivity contribution < 1.29 is 23.1 Å². The standard InChI is InChI=1S/C12H19NO5S/c1-19(17,18)8-4-7-13-11(14)9-5-2-3-6-10(9)12(15)16/h2-3,9-10H,4-8H2,1H3,(H,13,14)(H,15,16). The number of amides is 1. The highest BCUT2D eigenvalue weighted by atomic mass is 32.2. The normalized spacial score (nSPS) is 23.0. The molecular formula is C12H19NO5S. The van der Waals surface area contributed by atoms with E-state index in [4.69, 9.17) is 5.11 Å². The molecule has 2 unspecified atom stereocenters. The van der Waals surface area contributed by atoms with Crippen LogP contribution in [0.1, 0.15) is 19.3 Å². The van der Waals surface area contributed by atoms with Crippen molar-refractivity contribution in [2.75, 3.05) is 18.6 Å². The van der Waals surface area contributed by atoms with Gasteiger partial charge in [0.1, 0.15) is 9.84 Å². The smallest absolute Gasteiger partial charge is 0.307 e. The lowest BCUT2D eigenvalue weighted by Crippen LogP contribution is -2.39. The Kier molecular flexibility index (Phi) is 5.53. The Bertz CT molecular complexity index is 469. The molecule has 0 aromatic heterocycles. The topological polar surface area (TPSA) is 101 Å². The predicted octanol–water partition coefficient (Wildman–Crippen LogP) is 0.204. The molecule has 1 amide bonds. The highest BCUT2D eigenvalue weighted by Gasteiger charge is 2.33. The maximum atomic E-state index is 11.9. The predicted molar refractivity (Wildman–Crippen MR) is 70.3 cm³/mol. The molecule has 0 aromatic carbocycles. The van der Waals surface area contributed by atoms with Gasteiger partial charge in [-0.05, 0) is 19.3 Å². The molecule has 6 nitrogen and oxygen atoms in total. The van der Waals surface area contributed by atoms with E-state index in [0.29, 0.717) is 19.3 Å². The van der Waals surface area contributed by atoms with Gasteiger partial charge < -0.3 is 10.4 Å². The summed E-state index contributed by atoms with van der Waals surface area (Å²) in [6, 6.07) is 0. The molecule has 1 aliphatic carbocycles. The average molecular weight is 289 g/mol. The van der Waals surface area contributed by atoms with Crippen LogP contribution in [0.5, 0.6) is 0 Å². The summed E-state index contributed by atoms with van der Waals surface area (Å²) in [5.74, 6) is -2.54. The molecule has 0 fully saturated rings. The summed E-state index contributed by atoms with van der Waals surface area (Å²) in [6.45, 7) is 0.248. The van der Waals surface area contributed by atoms with Gasteiger partial charge in [-0.1, -0.05) is 12.2 Å². The lowest BCUT2D eigenvalue weighted by molar-refractivity contribution is -0.147. The largest absolute Gasteiger partial charge is 0.481 e. The Morgan fingerprint density at radius 3 is 2.37 bits per heavy atom. The Morgan fingerprint density at radius 1 is 1.26 bits per heavy atom. The zero-order chi connectivity index (χ0) is 14.5. The van der Waals surface area contributed by atoms with E-state index in [9.17, 15) is 18.0 Å². The maximum absolute atomic E-state index is 11.9. The fourth-order valence-electron chi connectivity index (χ4n) is 2.05. The molecule has 0 spiro atoms. The Hall–Kier alpha value is -1.37. The zero-order valence-corrected chi connectivity index (χ0v) is 11.6. The molecule has 0 aromatic rings. The van der Waals surface area contributed by atoms with Gasteiger partial charge in [0.15, 0.2) is 0 Å². The lowest BCUT2D eigenvalue weighted by Gasteiger charge is -2.24. The van der Waals surface area contributed by atoms with Crippen molar-refractivity contribution >= 4 is 21.7 Å². The van der Waals surface area contributed by atoms with Gasteiger partial charge in [0, 0.05) is 12.8 Å². The summed E-state index contributed by atoms with van der Waals surface area (Å²) < 4.78 is 21.8. The van der Waals surface area contributed by atoms with Crippen molar-refractivity contribution in [3.8, 4) is 0 Å². The third-order valence-electron chi connectivity index (χ3n) is 3.08. The van der Waals surface area contributed by atoms with E-state index in [2.05, 4.69) is 5.32 Å². The van der Waals surface area contributed by atoms with Gasteiger partial charge in [-0.15, -0.1) is 0 Å². The van der Waals surface area contributed by atoms with E-state index in [1.165, 1.54) is 0 Å². The molecule has 1 rings (SSSR count). The molecule has 0 heterocycles. The van der Waals surface area contributed by atoms with Crippen molar-refractivity contribution in [2.45, 2.75) is 19.3 Å².